The molecule has 2 aromatic rings. The summed E-state index contributed by atoms with van der Waals surface area (Å²) in [7, 11) is 0. The van der Waals surface area contributed by atoms with Crippen molar-refractivity contribution in [3.8, 4) is 0 Å². The van der Waals surface area contributed by atoms with Crippen LogP contribution in [-0.4, -0.2) is 23.9 Å². The minimum atomic E-state index is 0.0933. The van der Waals surface area contributed by atoms with Gasteiger partial charge in [0.2, 0.25) is 0 Å². The smallest absolute Gasteiger partial charge is 0.175 e. The molecule has 3 rings (SSSR count). The van der Waals surface area contributed by atoms with Gasteiger partial charge in [-0.15, -0.1) is 0 Å². The van der Waals surface area contributed by atoms with Gasteiger partial charge in [-0.25, -0.2) is 0 Å². The molecule has 1 aliphatic rings. The van der Waals surface area contributed by atoms with E-state index in [1.807, 2.05) is 6.07 Å². The molecule has 1 aromatic heterocycles. The molecule has 18 heavy (non-hydrogen) atoms. The van der Waals surface area contributed by atoms with Crippen LogP contribution in [0, 0.1) is 0 Å². The summed E-state index contributed by atoms with van der Waals surface area (Å²) in [5.41, 5.74) is 3.04. The van der Waals surface area contributed by atoms with E-state index in [1.54, 1.807) is 6.92 Å². The number of aromatic amines is 1. The molecule has 1 aliphatic heterocycles. The molecule has 0 radical (unpaired) electrons. The minimum absolute atomic E-state index is 0.0933. The largest absolute Gasteiger partial charge is 0.370 e. The van der Waals surface area contributed by atoms with E-state index in [9.17, 15) is 4.79 Å². The van der Waals surface area contributed by atoms with Crippen LogP contribution in [0.4, 0.5) is 5.69 Å². The van der Waals surface area contributed by atoms with Crippen LogP contribution in [0.2, 0.25) is 0 Å². The number of para-hydroxylation sites is 1. The molecule has 2 heterocycles. The van der Waals surface area contributed by atoms with Crippen LogP contribution in [0.15, 0.2) is 24.3 Å². The van der Waals surface area contributed by atoms with Crippen molar-refractivity contribution in [1.82, 2.24) is 4.98 Å². The molecule has 1 N–H and O–H groups in total. The second-order valence-electron chi connectivity index (χ2n) is 5.03. The first-order valence-corrected chi connectivity index (χ1v) is 6.63. The predicted molar refractivity (Wildman–Crippen MR) is 74.4 cm³/mol. The SMILES string of the molecule is CC(=O)c1cc2cccc(N3CCCCC3)c2[nH]1. The Morgan fingerprint density at radius 3 is 2.72 bits per heavy atom. The van der Waals surface area contributed by atoms with E-state index in [1.165, 1.54) is 24.9 Å². The van der Waals surface area contributed by atoms with Gasteiger partial charge < -0.3 is 9.88 Å². The van der Waals surface area contributed by atoms with Crippen molar-refractivity contribution in [2.75, 3.05) is 18.0 Å². The van der Waals surface area contributed by atoms with Crippen LogP contribution in [0.1, 0.15) is 36.7 Å². The number of anilines is 1. The Labute approximate surface area is 107 Å². The standard InChI is InChI=1S/C15H18N2O/c1-11(18)13-10-12-6-5-7-14(15(12)16-13)17-8-3-2-4-9-17/h5-7,10,16H,2-4,8-9H2,1H3. The number of carbonyl (C=O) groups is 1. The van der Waals surface area contributed by atoms with Gasteiger partial charge in [-0.1, -0.05) is 12.1 Å². The third kappa shape index (κ3) is 1.90. The second-order valence-corrected chi connectivity index (χ2v) is 5.03. The lowest BCUT2D eigenvalue weighted by Crippen LogP contribution is -2.29. The van der Waals surface area contributed by atoms with Crippen molar-refractivity contribution in [1.29, 1.82) is 0 Å². The van der Waals surface area contributed by atoms with Crippen LogP contribution in [0.3, 0.4) is 0 Å². The van der Waals surface area contributed by atoms with E-state index in [4.69, 9.17) is 0 Å². The first-order valence-electron chi connectivity index (χ1n) is 6.63. The fourth-order valence-electron chi connectivity index (χ4n) is 2.73. The van der Waals surface area contributed by atoms with E-state index in [0.717, 1.165) is 24.0 Å². The Hall–Kier alpha value is -1.77. The van der Waals surface area contributed by atoms with Gasteiger partial charge in [-0.3, -0.25) is 4.79 Å². The third-order valence-electron chi connectivity index (χ3n) is 3.71. The number of nitrogens with one attached hydrogen (secondary N) is 1. The van der Waals surface area contributed by atoms with Crippen LogP contribution >= 0.6 is 0 Å². The second kappa shape index (κ2) is 4.48. The molecular weight excluding hydrogens is 224 g/mol. The Balaban J connectivity index is 2.07. The fourth-order valence-corrected chi connectivity index (χ4v) is 2.73. The van der Waals surface area contributed by atoms with Gasteiger partial charge in [-0.05, 0) is 31.4 Å². The fraction of sp³-hybridized carbons (Fsp3) is 0.400. The van der Waals surface area contributed by atoms with Crippen molar-refractivity contribution in [2.24, 2.45) is 0 Å². The Bertz CT molecular complexity index is 579. The van der Waals surface area contributed by atoms with Crippen molar-refractivity contribution in [2.45, 2.75) is 26.2 Å². The van der Waals surface area contributed by atoms with Gasteiger partial charge in [0, 0.05) is 25.4 Å². The lowest BCUT2D eigenvalue weighted by Gasteiger charge is -2.29. The topological polar surface area (TPSA) is 36.1 Å². The number of Topliss-reactive ketones (excluding diaryl/α,β-unsaturated/α-hetero) is 1. The summed E-state index contributed by atoms with van der Waals surface area (Å²) in [6.45, 7) is 3.84. The molecule has 0 spiro atoms. The number of rotatable bonds is 2. The van der Waals surface area contributed by atoms with Crippen LogP contribution in [-0.2, 0) is 0 Å². The maximum Gasteiger partial charge on any atom is 0.175 e. The van der Waals surface area contributed by atoms with Gasteiger partial charge in [0.1, 0.15) is 0 Å². The number of aromatic nitrogens is 1. The average Bonchev–Trinajstić information content (AvgIpc) is 2.83. The molecule has 3 nitrogen and oxygen atoms in total. The van der Waals surface area contributed by atoms with E-state index >= 15 is 0 Å². The van der Waals surface area contributed by atoms with Gasteiger partial charge in [0.05, 0.1) is 16.9 Å². The number of carbonyl (C=O) groups excluding carboxylic acids is 1. The number of fused-ring (bicyclic) bond motifs is 1. The highest BCUT2D eigenvalue weighted by Crippen LogP contribution is 2.29. The van der Waals surface area contributed by atoms with E-state index in [0.29, 0.717) is 5.69 Å². The van der Waals surface area contributed by atoms with Gasteiger partial charge in [0.25, 0.3) is 0 Å². The van der Waals surface area contributed by atoms with E-state index in [2.05, 4.69) is 28.1 Å². The van der Waals surface area contributed by atoms with Gasteiger partial charge in [-0.2, -0.15) is 0 Å². The molecule has 3 heteroatoms. The Kier molecular flexibility index (Phi) is 2.82. The highest BCUT2D eigenvalue weighted by molar-refractivity contribution is 6.01. The summed E-state index contributed by atoms with van der Waals surface area (Å²) in [6.07, 6.45) is 3.85. The van der Waals surface area contributed by atoms with E-state index < -0.39 is 0 Å². The zero-order valence-electron chi connectivity index (χ0n) is 10.7. The number of hydrogen-bond acceptors (Lipinski definition) is 2. The zero-order chi connectivity index (χ0) is 12.5. The normalized spacial score (nSPS) is 16.2. The molecule has 0 amide bonds. The highest BCUT2D eigenvalue weighted by Gasteiger charge is 2.15. The Morgan fingerprint density at radius 1 is 1.22 bits per heavy atom. The molecule has 0 aliphatic carbocycles. The Morgan fingerprint density at radius 2 is 2.00 bits per heavy atom. The number of piperidine rings is 1. The molecule has 0 unspecified atom stereocenters. The molecule has 0 bridgehead atoms. The quantitative estimate of drug-likeness (QED) is 0.820. The molecule has 94 valence electrons. The predicted octanol–water partition coefficient (Wildman–Crippen LogP) is 3.36. The number of benzene rings is 1. The number of H-pyrrole nitrogens is 1. The first kappa shape index (κ1) is 11.3. The van der Waals surface area contributed by atoms with Crippen molar-refractivity contribution in [3.05, 3.63) is 30.0 Å². The molecule has 1 saturated heterocycles. The van der Waals surface area contributed by atoms with Crippen molar-refractivity contribution in [3.63, 3.8) is 0 Å². The van der Waals surface area contributed by atoms with Gasteiger partial charge >= 0.3 is 0 Å². The maximum atomic E-state index is 11.5. The van der Waals surface area contributed by atoms with Crippen molar-refractivity contribution < 1.29 is 4.79 Å². The van der Waals surface area contributed by atoms with E-state index in [-0.39, 0.29) is 5.78 Å². The lowest BCUT2D eigenvalue weighted by atomic mass is 10.1. The number of ketones is 1. The van der Waals surface area contributed by atoms with Crippen LogP contribution < -0.4 is 4.90 Å². The third-order valence-corrected chi connectivity index (χ3v) is 3.71. The summed E-state index contributed by atoms with van der Waals surface area (Å²) in [6, 6.07) is 8.23. The summed E-state index contributed by atoms with van der Waals surface area (Å²) in [5.74, 6) is 0.0933. The highest BCUT2D eigenvalue weighted by atomic mass is 16.1. The summed E-state index contributed by atoms with van der Waals surface area (Å²) >= 11 is 0. The molecule has 0 atom stereocenters. The molecule has 1 aromatic carbocycles. The first-order chi connectivity index (χ1) is 8.75. The molecule has 1 fully saturated rings. The molecular formula is C15H18N2O. The maximum absolute atomic E-state index is 11.5. The lowest BCUT2D eigenvalue weighted by molar-refractivity contribution is 0.101. The van der Waals surface area contributed by atoms with Crippen molar-refractivity contribution >= 4 is 22.4 Å². The number of hydrogen-bond donors (Lipinski definition) is 1. The summed E-state index contributed by atoms with van der Waals surface area (Å²) in [5, 5.41) is 1.13. The molecule has 0 saturated carbocycles. The van der Waals surface area contributed by atoms with Crippen LogP contribution in [0.5, 0.6) is 0 Å². The number of nitrogens with zero attached hydrogens (tertiary/aromatic N) is 1. The monoisotopic (exact) mass is 242 g/mol. The zero-order valence-corrected chi connectivity index (χ0v) is 10.7. The summed E-state index contributed by atoms with van der Waals surface area (Å²) in [4.78, 5) is 17.2. The minimum Gasteiger partial charge on any atom is -0.370 e. The van der Waals surface area contributed by atoms with Gasteiger partial charge in [0.15, 0.2) is 5.78 Å². The average molecular weight is 242 g/mol. The van der Waals surface area contributed by atoms with Crippen LogP contribution in [0.25, 0.3) is 10.9 Å². The summed E-state index contributed by atoms with van der Waals surface area (Å²) < 4.78 is 0.